The number of benzene rings is 1. The lowest BCUT2D eigenvalue weighted by Gasteiger charge is -2.11. The van der Waals surface area contributed by atoms with Gasteiger partial charge in [0.2, 0.25) is 0 Å². The van der Waals surface area contributed by atoms with Gasteiger partial charge in [0.15, 0.2) is 0 Å². The van der Waals surface area contributed by atoms with Crippen LogP contribution >= 0.6 is 0 Å². The Bertz CT molecular complexity index is 321. The van der Waals surface area contributed by atoms with Crippen molar-refractivity contribution in [2.75, 3.05) is 13.1 Å². The maximum Gasteiger partial charge on any atom is 0.133 e. The van der Waals surface area contributed by atoms with E-state index >= 15 is 0 Å². The zero-order valence-electron chi connectivity index (χ0n) is 9.76. The Morgan fingerprint density at radius 1 is 1.20 bits per heavy atom. The summed E-state index contributed by atoms with van der Waals surface area (Å²) in [4.78, 5) is 10.1. The van der Waals surface area contributed by atoms with Crippen LogP contribution in [0.3, 0.4) is 0 Å². The molecule has 0 saturated heterocycles. The zero-order chi connectivity index (χ0) is 11.3. The van der Waals surface area contributed by atoms with Gasteiger partial charge in [0.25, 0.3) is 0 Å². The highest BCUT2D eigenvalue weighted by Gasteiger charge is 2.02. The topological polar surface area (TPSA) is 29.1 Å². The third-order valence-electron chi connectivity index (χ3n) is 2.62. The van der Waals surface area contributed by atoms with Gasteiger partial charge in [-0.25, -0.2) is 0 Å². The largest absolute Gasteiger partial charge is 0.310 e. The molecular weight excluding hydrogens is 186 g/mol. The molecule has 1 aromatic rings. The fraction of sp³-hybridized carbons (Fsp3) is 0.462. The minimum absolute atomic E-state index is 0.448. The van der Waals surface area contributed by atoms with Crippen LogP contribution in [0.2, 0.25) is 0 Å². The molecule has 0 atom stereocenters. The molecule has 0 bridgehead atoms. The molecule has 0 aliphatic rings. The molecule has 2 nitrogen and oxygen atoms in total. The van der Waals surface area contributed by atoms with Gasteiger partial charge < -0.3 is 10.1 Å². The van der Waals surface area contributed by atoms with E-state index in [2.05, 4.69) is 38.2 Å². The molecule has 0 radical (unpaired) electrons. The molecule has 0 unspecified atom stereocenters. The lowest BCUT2D eigenvalue weighted by molar-refractivity contribution is -0.107. The summed E-state index contributed by atoms with van der Waals surface area (Å²) < 4.78 is 0. The van der Waals surface area contributed by atoms with E-state index in [1.54, 1.807) is 0 Å². The first kappa shape index (κ1) is 11.9. The van der Waals surface area contributed by atoms with Crippen LogP contribution in [0.5, 0.6) is 0 Å². The second kappa shape index (κ2) is 5.66. The summed E-state index contributed by atoms with van der Waals surface area (Å²) in [5.41, 5.74) is 5.41. The maximum atomic E-state index is 10.1. The molecule has 0 fully saturated rings. The van der Waals surface area contributed by atoms with Gasteiger partial charge in [-0.2, -0.15) is 0 Å². The Morgan fingerprint density at radius 3 is 2.33 bits per heavy atom. The van der Waals surface area contributed by atoms with E-state index in [1.807, 2.05) is 0 Å². The zero-order valence-corrected chi connectivity index (χ0v) is 9.76. The average Bonchev–Trinajstić information content (AvgIpc) is 2.15. The van der Waals surface area contributed by atoms with Gasteiger partial charge in [0.05, 0.1) is 6.54 Å². The minimum atomic E-state index is 0.448. The van der Waals surface area contributed by atoms with E-state index in [9.17, 15) is 4.79 Å². The molecule has 15 heavy (non-hydrogen) atoms. The first-order valence-electron chi connectivity index (χ1n) is 5.36. The second-order valence-electron chi connectivity index (χ2n) is 4.00. The van der Waals surface area contributed by atoms with Crippen molar-refractivity contribution in [2.24, 2.45) is 0 Å². The summed E-state index contributed by atoms with van der Waals surface area (Å²) in [6, 6.07) is 4.42. The van der Waals surface area contributed by atoms with E-state index in [4.69, 9.17) is 0 Å². The monoisotopic (exact) mass is 205 g/mol. The van der Waals surface area contributed by atoms with Crippen LogP contribution in [-0.2, 0) is 11.2 Å². The molecule has 0 aliphatic carbocycles. The summed E-state index contributed by atoms with van der Waals surface area (Å²) >= 11 is 0. The highest BCUT2D eigenvalue weighted by Crippen LogP contribution is 2.16. The third kappa shape index (κ3) is 3.48. The summed E-state index contributed by atoms with van der Waals surface area (Å²) in [7, 11) is 0. The molecule has 0 aromatic heterocycles. The van der Waals surface area contributed by atoms with Crippen LogP contribution in [0, 0.1) is 20.8 Å². The number of nitrogens with one attached hydrogen (secondary N) is 1. The van der Waals surface area contributed by atoms with Gasteiger partial charge in [-0.3, -0.25) is 0 Å². The Hall–Kier alpha value is -1.15. The summed E-state index contributed by atoms with van der Waals surface area (Å²) in [5, 5.41) is 3.08. The van der Waals surface area contributed by atoms with Crippen LogP contribution in [0.15, 0.2) is 12.1 Å². The maximum absolute atomic E-state index is 10.1. The van der Waals surface area contributed by atoms with E-state index in [-0.39, 0.29) is 0 Å². The number of hydrogen-bond acceptors (Lipinski definition) is 2. The molecule has 1 N–H and O–H groups in total. The number of aryl methyl sites for hydroxylation is 3. The Kier molecular flexibility index (Phi) is 4.50. The fourth-order valence-electron chi connectivity index (χ4n) is 1.98. The quantitative estimate of drug-likeness (QED) is 0.588. The molecular formula is C13H19NO. The van der Waals surface area contributed by atoms with Crippen LogP contribution in [0.4, 0.5) is 0 Å². The van der Waals surface area contributed by atoms with E-state index in [0.29, 0.717) is 6.54 Å². The minimum Gasteiger partial charge on any atom is -0.310 e. The van der Waals surface area contributed by atoms with Crippen molar-refractivity contribution in [3.8, 4) is 0 Å². The Morgan fingerprint density at radius 2 is 1.80 bits per heavy atom. The molecule has 1 aromatic carbocycles. The normalized spacial score (nSPS) is 10.3. The Labute approximate surface area is 91.7 Å². The second-order valence-corrected chi connectivity index (χ2v) is 4.00. The molecule has 82 valence electrons. The standard InChI is InChI=1S/C13H19NO/c1-10-8-11(2)13(12(3)9-10)4-5-14-6-7-15/h7-9,14H,4-6H2,1-3H3. The summed E-state index contributed by atoms with van der Waals surface area (Å²) in [6.45, 7) is 7.73. The van der Waals surface area contributed by atoms with Gasteiger partial charge in [-0.15, -0.1) is 0 Å². The predicted molar refractivity (Wildman–Crippen MR) is 63.3 cm³/mol. The van der Waals surface area contributed by atoms with Crippen LogP contribution in [0.1, 0.15) is 22.3 Å². The first-order valence-corrected chi connectivity index (χ1v) is 5.36. The van der Waals surface area contributed by atoms with Gasteiger partial charge >= 0.3 is 0 Å². The van der Waals surface area contributed by atoms with Crippen molar-refractivity contribution in [2.45, 2.75) is 27.2 Å². The lowest BCUT2D eigenvalue weighted by atomic mass is 9.97. The number of carbonyl (C=O) groups is 1. The molecule has 0 spiro atoms. The van der Waals surface area contributed by atoms with Gasteiger partial charge in [-0.05, 0) is 50.4 Å². The molecule has 0 aliphatic heterocycles. The van der Waals surface area contributed by atoms with Crippen molar-refractivity contribution in [1.29, 1.82) is 0 Å². The number of rotatable bonds is 5. The SMILES string of the molecule is Cc1cc(C)c(CCNCC=O)c(C)c1. The molecule has 1 rings (SSSR count). The number of carbonyl (C=O) groups excluding carboxylic acids is 1. The van der Waals surface area contributed by atoms with Gasteiger partial charge in [-0.1, -0.05) is 17.7 Å². The smallest absolute Gasteiger partial charge is 0.133 e. The van der Waals surface area contributed by atoms with Gasteiger partial charge in [0, 0.05) is 0 Å². The Balaban J connectivity index is 2.64. The van der Waals surface area contributed by atoms with Crippen molar-refractivity contribution in [1.82, 2.24) is 5.32 Å². The number of aldehydes is 1. The van der Waals surface area contributed by atoms with Crippen LogP contribution in [-0.4, -0.2) is 19.4 Å². The molecule has 0 amide bonds. The lowest BCUT2D eigenvalue weighted by Crippen LogP contribution is -2.19. The van der Waals surface area contributed by atoms with Crippen molar-refractivity contribution in [3.63, 3.8) is 0 Å². The summed E-state index contributed by atoms with van der Waals surface area (Å²) in [5.74, 6) is 0. The van der Waals surface area contributed by atoms with Crippen molar-refractivity contribution < 1.29 is 4.79 Å². The van der Waals surface area contributed by atoms with E-state index in [0.717, 1.165) is 19.3 Å². The van der Waals surface area contributed by atoms with Crippen LogP contribution < -0.4 is 5.32 Å². The number of hydrogen-bond donors (Lipinski definition) is 1. The van der Waals surface area contributed by atoms with E-state index < -0.39 is 0 Å². The van der Waals surface area contributed by atoms with Crippen molar-refractivity contribution >= 4 is 6.29 Å². The summed E-state index contributed by atoms with van der Waals surface area (Å²) in [6.07, 6.45) is 1.89. The van der Waals surface area contributed by atoms with Crippen molar-refractivity contribution in [3.05, 3.63) is 34.4 Å². The highest BCUT2D eigenvalue weighted by molar-refractivity contribution is 5.51. The molecule has 0 heterocycles. The first-order chi connectivity index (χ1) is 7.15. The van der Waals surface area contributed by atoms with Crippen LogP contribution in [0.25, 0.3) is 0 Å². The molecule has 0 saturated carbocycles. The van der Waals surface area contributed by atoms with E-state index in [1.165, 1.54) is 22.3 Å². The molecule has 2 heteroatoms. The predicted octanol–water partition coefficient (Wildman–Crippen LogP) is 1.94. The highest BCUT2D eigenvalue weighted by atomic mass is 16.1. The fourth-order valence-corrected chi connectivity index (χ4v) is 1.98. The average molecular weight is 205 g/mol. The van der Waals surface area contributed by atoms with Gasteiger partial charge in [0.1, 0.15) is 6.29 Å². The third-order valence-corrected chi connectivity index (χ3v) is 2.62.